The van der Waals surface area contributed by atoms with E-state index in [1.807, 2.05) is 30.3 Å². The molecule has 7 nitrogen and oxygen atoms in total. The molecule has 0 spiro atoms. The van der Waals surface area contributed by atoms with Gasteiger partial charge in [-0.2, -0.15) is 0 Å². The molecule has 2 aromatic rings. The molecular weight excluding hydrogens is 436 g/mol. The van der Waals surface area contributed by atoms with Gasteiger partial charge >= 0.3 is 0 Å². The van der Waals surface area contributed by atoms with Crippen molar-refractivity contribution < 1.29 is 34.6 Å². The van der Waals surface area contributed by atoms with Crippen molar-refractivity contribution >= 4 is 11.6 Å². The third-order valence-corrected chi connectivity index (χ3v) is 6.21. The molecule has 4 rings (SSSR count). The Labute approximate surface area is 192 Å². The molecule has 32 heavy (non-hydrogen) atoms. The average molecular weight is 465 g/mol. The van der Waals surface area contributed by atoms with Crippen LogP contribution in [-0.4, -0.2) is 70.8 Å². The number of ether oxygens (including phenoxy) is 3. The van der Waals surface area contributed by atoms with E-state index in [1.54, 1.807) is 12.1 Å². The van der Waals surface area contributed by atoms with E-state index >= 15 is 0 Å². The minimum atomic E-state index is -1.42. The molecule has 2 aliphatic rings. The Bertz CT molecular complexity index is 884. The Balaban J connectivity index is 1.41. The van der Waals surface area contributed by atoms with Gasteiger partial charge in [-0.3, -0.25) is 0 Å². The van der Waals surface area contributed by atoms with Crippen molar-refractivity contribution in [2.75, 3.05) is 19.8 Å². The molecule has 1 aliphatic carbocycles. The van der Waals surface area contributed by atoms with Crippen LogP contribution in [0.4, 0.5) is 0 Å². The number of benzene rings is 2. The summed E-state index contributed by atoms with van der Waals surface area (Å²) in [5.41, 5.74) is 2.46. The SMILES string of the molecule is OC[C@H]1O[C@@H](c2ccc(Cl)c(Cc3ccc(OCCOC4CC4)cc3)c2)[C@H](O)[C@@H](O)[C@H]1O. The molecule has 1 aliphatic heterocycles. The molecule has 0 amide bonds. The van der Waals surface area contributed by atoms with E-state index in [4.69, 9.17) is 25.8 Å². The van der Waals surface area contributed by atoms with Crippen LogP contribution in [0, 0.1) is 0 Å². The predicted octanol–water partition coefficient (Wildman–Crippen LogP) is 2.00. The van der Waals surface area contributed by atoms with Crippen LogP contribution in [0.25, 0.3) is 0 Å². The molecule has 0 bridgehead atoms. The summed E-state index contributed by atoms with van der Waals surface area (Å²) in [6.07, 6.45) is -2.73. The molecular formula is C24H29ClO7. The number of halogens is 1. The highest BCUT2D eigenvalue weighted by Gasteiger charge is 2.44. The molecule has 1 heterocycles. The molecule has 8 heteroatoms. The number of hydrogen-bond donors (Lipinski definition) is 4. The lowest BCUT2D eigenvalue weighted by atomic mass is 9.90. The van der Waals surface area contributed by atoms with Crippen LogP contribution in [0.3, 0.4) is 0 Å². The maximum Gasteiger partial charge on any atom is 0.119 e. The van der Waals surface area contributed by atoms with Crippen LogP contribution in [0.15, 0.2) is 42.5 Å². The van der Waals surface area contributed by atoms with E-state index in [9.17, 15) is 20.4 Å². The zero-order valence-corrected chi connectivity index (χ0v) is 18.4. The highest BCUT2D eigenvalue weighted by Crippen LogP contribution is 2.34. The van der Waals surface area contributed by atoms with Gasteiger partial charge < -0.3 is 34.6 Å². The van der Waals surface area contributed by atoms with Crippen LogP contribution in [0.2, 0.25) is 5.02 Å². The van der Waals surface area contributed by atoms with Crippen molar-refractivity contribution in [3.8, 4) is 5.75 Å². The topological polar surface area (TPSA) is 109 Å². The Morgan fingerprint density at radius 1 is 0.938 bits per heavy atom. The number of aliphatic hydroxyl groups excluding tert-OH is 4. The molecule has 2 aromatic carbocycles. The van der Waals surface area contributed by atoms with E-state index in [2.05, 4.69) is 0 Å². The van der Waals surface area contributed by atoms with Crippen molar-refractivity contribution in [3.05, 3.63) is 64.2 Å². The molecule has 2 fully saturated rings. The summed E-state index contributed by atoms with van der Waals surface area (Å²) in [6, 6.07) is 13.0. The fourth-order valence-corrected chi connectivity index (χ4v) is 4.00. The lowest BCUT2D eigenvalue weighted by molar-refractivity contribution is -0.231. The summed E-state index contributed by atoms with van der Waals surface area (Å²) in [5, 5.41) is 40.5. The maximum atomic E-state index is 10.4. The first-order valence-electron chi connectivity index (χ1n) is 10.9. The van der Waals surface area contributed by atoms with Gasteiger partial charge in [0.25, 0.3) is 0 Å². The largest absolute Gasteiger partial charge is 0.491 e. The second-order valence-electron chi connectivity index (χ2n) is 8.34. The predicted molar refractivity (Wildman–Crippen MR) is 118 cm³/mol. The first-order chi connectivity index (χ1) is 15.5. The number of rotatable bonds is 9. The van der Waals surface area contributed by atoms with Gasteiger partial charge in [0.2, 0.25) is 0 Å². The molecule has 1 saturated heterocycles. The lowest BCUT2D eigenvalue weighted by Gasteiger charge is -2.40. The van der Waals surface area contributed by atoms with Crippen molar-refractivity contribution in [2.24, 2.45) is 0 Å². The Kier molecular flexibility index (Phi) is 7.68. The van der Waals surface area contributed by atoms with Crippen molar-refractivity contribution in [1.29, 1.82) is 0 Å². The third-order valence-electron chi connectivity index (χ3n) is 5.84. The van der Waals surface area contributed by atoms with Crippen LogP contribution < -0.4 is 4.74 Å². The Morgan fingerprint density at radius 2 is 1.69 bits per heavy atom. The van der Waals surface area contributed by atoms with Crippen molar-refractivity contribution in [2.45, 2.75) is 55.9 Å². The summed E-state index contributed by atoms with van der Waals surface area (Å²) >= 11 is 6.40. The van der Waals surface area contributed by atoms with E-state index < -0.39 is 37.1 Å². The lowest BCUT2D eigenvalue weighted by Crippen LogP contribution is -2.55. The summed E-state index contributed by atoms with van der Waals surface area (Å²) in [7, 11) is 0. The summed E-state index contributed by atoms with van der Waals surface area (Å²) in [5.74, 6) is 0.773. The molecule has 0 aromatic heterocycles. The molecule has 4 N–H and O–H groups in total. The van der Waals surface area contributed by atoms with Crippen LogP contribution in [0.5, 0.6) is 5.75 Å². The standard InChI is InChI=1S/C24H29ClO7/c25-19-8-3-15(24-23(29)22(28)21(27)20(13-26)32-24)12-16(19)11-14-1-4-17(5-2-14)30-9-10-31-18-6-7-18/h1-5,8,12,18,20-24,26-29H,6-7,9-11,13H2/t20-,21+,22+,23-,24+/m1/s1. The monoisotopic (exact) mass is 464 g/mol. The summed E-state index contributed by atoms with van der Waals surface area (Å²) in [6.45, 7) is 0.638. The van der Waals surface area contributed by atoms with Crippen molar-refractivity contribution in [3.63, 3.8) is 0 Å². The van der Waals surface area contributed by atoms with E-state index in [-0.39, 0.29) is 0 Å². The van der Waals surface area contributed by atoms with Gasteiger partial charge in [-0.25, -0.2) is 0 Å². The number of aliphatic hydroxyl groups is 4. The van der Waals surface area contributed by atoms with Gasteiger partial charge in [0.05, 0.1) is 19.3 Å². The quantitative estimate of drug-likeness (QED) is 0.420. The van der Waals surface area contributed by atoms with Gasteiger partial charge in [0, 0.05) is 5.02 Å². The average Bonchev–Trinajstić information content (AvgIpc) is 3.63. The van der Waals surface area contributed by atoms with Gasteiger partial charge in [-0.15, -0.1) is 0 Å². The maximum absolute atomic E-state index is 10.4. The molecule has 1 saturated carbocycles. The van der Waals surface area contributed by atoms with Gasteiger partial charge in [-0.05, 0) is 54.2 Å². The number of hydrogen-bond acceptors (Lipinski definition) is 7. The zero-order valence-electron chi connectivity index (χ0n) is 17.6. The van der Waals surface area contributed by atoms with Crippen LogP contribution in [-0.2, 0) is 15.9 Å². The molecule has 0 radical (unpaired) electrons. The van der Waals surface area contributed by atoms with Crippen molar-refractivity contribution in [1.82, 2.24) is 0 Å². The van der Waals surface area contributed by atoms with Gasteiger partial charge in [0.15, 0.2) is 0 Å². The van der Waals surface area contributed by atoms with Gasteiger partial charge in [0.1, 0.15) is 42.9 Å². The normalized spacial score (nSPS) is 28.0. The minimum absolute atomic E-state index is 0.421. The first kappa shape index (κ1) is 23.4. The van der Waals surface area contributed by atoms with E-state index in [0.29, 0.717) is 36.3 Å². The zero-order chi connectivity index (χ0) is 22.7. The fraction of sp³-hybridized carbons (Fsp3) is 0.500. The highest BCUT2D eigenvalue weighted by molar-refractivity contribution is 6.31. The highest BCUT2D eigenvalue weighted by atomic mass is 35.5. The Hall–Kier alpha value is -1.71. The van der Waals surface area contributed by atoms with Crippen LogP contribution in [0.1, 0.15) is 35.6 Å². The molecule has 5 atom stereocenters. The summed E-state index contributed by atoms with van der Waals surface area (Å²) < 4.78 is 16.9. The van der Waals surface area contributed by atoms with Crippen LogP contribution >= 0.6 is 11.6 Å². The molecule has 174 valence electrons. The van der Waals surface area contributed by atoms with E-state index in [0.717, 1.165) is 29.7 Å². The fourth-order valence-electron chi connectivity index (χ4n) is 3.82. The first-order valence-corrected chi connectivity index (χ1v) is 11.3. The second-order valence-corrected chi connectivity index (χ2v) is 8.75. The van der Waals surface area contributed by atoms with Gasteiger partial charge in [-0.1, -0.05) is 35.9 Å². The third kappa shape index (κ3) is 5.61. The second kappa shape index (κ2) is 10.5. The summed E-state index contributed by atoms with van der Waals surface area (Å²) in [4.78, 5) is 0. The Morgan fingerprint density at radius 3 is 2.38 bits per heavy atom. The minimum Gasteiger partial charge on any atom is -0.491 e. The molecule has 0 unspecified atom stereocenters. The smallest absolute Gasteiger partial charge is 0.119 e. The van der Waals surface area contributed by atoms with E-state index in [1.165, 1.54) is 0 Å².